The lowest BCUT2D eigenvalue weighted by Gasteiger charge is -2.29. The number of aliphatic hydroxyl groups excluding tert-OH is 3. The van der Waals surface area contributed by atoms with Gasteiger partial charge in [-0.2, -0.15) is 26.9 Å². The molecule has 21 nitrogen and oxygen atoms in total. The van der Waals surface area contributed by atoms with Gasteiger partial charge in [-0.3, -0.25) is 9.59 Å². The van der Waals surface area contributed by atoms with Crippen molar-refractivity contribution in [3.8, 4) is 11.5 Å². The number of amides is 2. The number of anilines is 2. The van der Waals surface area contributed by atoms with Crippen LogP contribution in [0.1, 0.15) is 70.6 Å². The fourth-order valence-electron chi connectivity index (χ4n) is 8.73. The van der Waals surface area contributed by atoms with E-state index in [-0.39, 0.29) is 47.8 Å². The van der Waals surface area contributed by atoms with Crippen molar-refractivity contribution in [3.05, 3.63) is 180 Å². The molecule has 9 aromatic rings. The average molecular weight is 1140 g/mol. The largest absolute Gasteiger partial charge is 0.497 e. The second-order valence-electron chi connectivity index (χ2n) is 17.9. The molecule has 0 unspecified atom stereocenters. The van der Waals surface area contributed by atoms with E-state index in [9.17, 15) is 37.4 Å². The number of fused-ring (bicyclic) bond motifs is 2. The molecule has 2 fully saturated rings. The zero-order valence-corrected chi connectivity index (χ0v) is 43.2. The quantitative estimate of drug-likeness (QED) is 0.0415. The van der Waals surface area contributed by atoms with Crippen molar-refractivity contribution in [1.82, 2.24) is 49.9 Å². The van der Waals surface area contributed by atoms with E-state index in [0.29, 0.717) is 15.8 Å². The molecule has 26 heteroatoms. The highest BCUT2D eigenvalue weighted by Gasteiger charge is 2.61. The van der Waals surface area contributed by atoms with Crippen LogP contribution in [0.5, 0.6) is 11.5 Å². The molecule has 6 atom stereocenters. The maximum Gasteiger partial charge on any atom is 0.321 e. The van der Waals surface area contributed by atoms with E-state index in [1.54, 1.807) is 81.8 Å². The Morgan fingerprint density at radius 1 is 0.605 bits per heavy atom. The summed E-state index contributed by atoms with van der Waals surface area (Å²) < 4.78 is 80.1. The number of rotatable bonds is 13. The minimum Gasteiger partial charge on any atom is -0.497 e. The molecule has 422 valence electrons. The first-order valence-corrected chi connectivity index (χ1v) is 24.8. The maximum atomic E-state index is 14.5. The Labute approximate surface area is 464 Å². The number of nitrogens with one attached hydrogen (secondary N) is 2. The molecule has 2 aliphatic rings. The van der Waals surface area contributed by atoms with Crippen molar-refractivity contribution in [2.45, 2.75) is 74.4 Å². The van der Waals surface area contributed by atoms with Crippen LogP contribution < -0.4 is 20.1 Å². The van der Waals surface area contributed by atoms with Gasteiger partial charge in [-0.15, -0.1) is 21.8 Å². The minimum atomic E-state index is -3.74. The molecule has 6 heterocycles. The highest BCUT2D eigenvalue weighted by molar-refractivity contribution is 6.28. The van der Waals surface area contributed by atoms with E-state index in [2.05, 4.69) is 51.2 Å². The Balaban J connectivity index is 0.000000159. The molecular formula is C55H53ClF4N12O9. The minimum absolute atomic E-state index is 0. The fourth-order valence-corrected chi connectivity index (χ4v) is 9.11. The Morgan fingerprint density at radius 3 is 1.33 bits per heavy atom. The summed E-state index contributed by atoms with van der Waals surface area (Å²) in [6, 6.07) is 42.5. The Morgan fingerprint density at radius 2 is 0.975 bits per heavy atom. The van der Waals surface area contributed by atoms with Crippen molar-refractivity contribution in [2.24, 2.45) is 0 Å². The van der Waals surface area contributed by atoms with Gasteiger partial charge < -0.3 is 44.9 Å². The van der Waals surface area contributed by atoms with Crippen molar-refractivity contribution < 1.29 is 61.4 Å². The highest BCUT2D eigenvalue weighted by atomic mass is 35.5. The van der Waals surface area contributed by atoms with Gasteiger partial charge in [0.2, 0.25) is 12.5 Å². The summed E-state index contributed by atoms with van der Waals surface area (Å²) in [6.07, 6.45) is -8.27. The summed E-state index contributed by atoms with van der Waals surface area (Å²) in [5.41, 5.74) is 3.56. The van der Waals surface area contributed by atoms with Crippen molar-refractivity contribution >= 4 is 57.4 Å². The number of aliphatic hydroxyl groups is 3. The van der Waals surface area contributed by atoms with Gasteiger partial charge in [0.15, 0.2) is 40.1 Å². The van der Waals surface area contributed by atoms with E-state index >= 15 is 0 Å². The first-order valence-electron chi connectivity index (χ1n) is 24.5. The molecule has 0 saturated carbocycles. The number of benzene rings is 5. The van der Waals surface area contributed by atoms with Gasteiger partial charge >= 0.3 is 11.8 Å². The van der Waals surface area contributed by atoms with Gasteiger partial charge in [-0.25, -0.2) is 19.9 Å². The molecule has 0 radical (unpaired) electrons. The zero-order valence-electron chi connectivity index (χ0n) is 42.5. The van der Waals surface area contributed by atoms with Crippen LogP contribution >= 0.6 is 11.6 Å². The number of nitrogens with zero attached hydrogens (tertiary/aromatic N) is 10. The molecule has 81 heavy (non-hydrogen) atoms. The van der Waals surface area contributed by atoms with Gasteiger partial charge in [0.05, 0.1) is 26.9 Å². The molecule has 4 aromatic heterocycles. The zero-order chi connectivity index (χ0) is 56.8. The van der Waals surface area contributed by atoms with Gasteiger partial charge in [0, 0.05) is 11.1 Å². The average Bonchev–Trinajstić information content (AvgIpc) is 4.42. The molecular weight excluding hydrogens is 1080 g/mol. The van der Waals surface area contributed by atoms with E-state index in [1.165, 1.54) is 0 Å². The standard InChI is InChI=1S/C21H19ClO2.C17H16F2N6O3.C16H14F2N6O4.CH4/c1-23-19-12-8-17(9-13-19)21(22,16-6-4-3-5-7-16)18-10-14-20(24-2)15-11-18;1-2-10-12(26)17(18,19)16(28-10)25-14-11(23-24-25)13(20-8-21-14)22-15(27)9-6-4-3-5-7-9;17-16(18)11(26)9(6-25)28-15(16)24-13-10(22-23-24)12(19-7-20-13)21-14(27)8-4-2-1-3-5-8;/h3-15H,1-2H3;3-8,10,12,16,26H,2H2,1H3,(H,20,21,22,27);1-5,7,9,11,15,25-26H,6H2,(H,19,20,21,27);1H4/t;10-,12-,16-;9-,11-,15-;/m.11./s1. The summed E-state index contributed by atoms with van der Waals surface area (Å²) in [6.45, 7) is 0.832. The normalized spacial score (nSPS) is 19.7. The Bertz CT molecular complexity index is 3350. The number of hydrogen-bond donors (Lipinski definition) is 5. The van der Waals surface area contributed by atoms with Crippen LogP contribution in [0.25, 0.3) is 22.3 Å². The number of carbonyl (C=O) groups is 2. The summed E-state index contributed by atoms with van der Waals surface area (Å²) in [5, 5.41) is 48.7. The van der Waals surface area contributed by atoms with Gasteiger partial charge in [-0.1, -0.05) is 116 Å². The first-order chi connectivity index (χ1) is 38.5. The number of alkyl halides is 5. The van der Waals surface area contributed by atoms with Crippen LogP contribution in [0, 0.1) is 0 Å². The van der Waals surface area contributed by atoms with Gasteiger partial charge in [-0.05, 0) is 71.6 Å². The second-order valence-corrected chi connectivity index (χ2v) is 18.4. The lowest BCUT2D eigenvalue weighted by atomic mass is 9.84. The molecule has 5 aromatic carbocycles. The lowest BCUT2D eigenvalue weighted by Crippen LogP contribution is -2.39. The monoisotopic (exact) mass is 1140 g/mol. The first kappa shape index (κ1) is 58.6. The van der Waals surface area contributed by atoms with Gasteiger partial charge in [0.1, 0.15) is 41.2 Å². The van der Waals surface area contributed by atoms with Crippen LogP contribution in [0.15, 0.2) is 152 Å². The van der Waals surface area contributed by atoms with Crippen LogP contribution in [0.4, 0.5) is 29.2 Å². The van der Waals surface area contributed by atoms with Crippen LogP contribution in [0.3, 0.4) is 0 Å². The molecule has 11 rings (SSSR count). The third-order valence-corrected chi connectivity index (χ3v) is 13.6. The molecule has 5 N–H and O–H groups in total. The third-order valence-electron chi connectivity index (χ3n) is 13.0. The molecule has 2 aliphatic heterocycles. The van der Waals surface area contributed by atoms with Crippen molar-refractivity contribution in [2.75, 3.05) is 31.5 Å². The molecule has 0 bridgehead atoms. The highest BCUT2D eigenvalue weighted by Crippen LogP contribution is 2.46. The summed E-state index contributed by atoms with van der Waals surface area (Å²) in [4.78, 5) is 39.6. The smallest absolute Gasteiger partial charge is 0.321 e. The number of hydrogen-bond acceptors (Lipinski definition) is 17. The number of halogens is 5. The van der Waals surface area contributed by atoms with E-state index in [4.69, 9.17) is 35.7 Å². The molecule has 0 spiro atoms. The second kappa shape index (κ2) is 24.8. The SMILES string of the molecule is C.CC[C@H]1O[C@@H](n2nnc3c(NC(=O)c4ccccc4)ncnc32)C(F)(F)[C@@H]1O.COc1ccc(C(Cl)(c2ccccc2)c2ccc(OC)cc2)cc1.O=C(Nc1ncnc2c1nnn2[C@@H]1O[C@H](CO)[C@@H](O)C1(F)F)c1ccccc1. The summed E-state index contributed by atoms with van der Waals surface area (Å²) in [5.74, 6) is -6.63. The van der Waals surface area contributed by atoms with E-state index in [0.717, 1.165) is 45.5 Å². The third kappa shape index (κ3) is 11.7. The summed E-state index contributed by atoms with van der Waals surface area (Å²) in [7, 11) is 3.31. The van der Waals surface area contributed by atoms with E-state index in [1.807, 2.05) is 78.9 Å². The predicted octanol–water partition coefficient (Wildman–Crippen LogP) is 8.01. The predicted molar refractivity (Wildman–Crippen MR) is 287 cm³/mol. The number of carbonyl (C=O) groups excluding carboxylic acids is 2. The summed E-state index contributed by atoms with van der Waals surface area (Å²) >= 11 is 7.22. The topological polar surface area (TPSA) is 269 Å². The van der Waals surface area contributed by atoms with E-state index < -0.39 is 72.0 Å². The number of ether oxygens (including phenoxy) is 4. The van der Waals surface area contributed by atoms with Crippen LogP contribution in [-0.2, 0) is 14.3 Å². The molecule has 2 amide bonds. The van der Waals surface area contributed by atoms with Gasteiger partial charge in [0.25, 0.3) is 11.8 Å². The van der Waals surface area contributed by atoms with Crippen molar-refractivity contribution in [3.63, 3.8) is 0 Å². The van der Waals surface area contributed by atoms with Crippen LogP contribution in [-0.4, -0.2) is 134 Å². The van der Waals surface area contributed by atoms with Crippen LogP contribution in [0.2, 0.25) is 0 Å². The Kier molecular flexibility index (Phi) is 17.9. The fraction of sp³-hybridized carbons (Fsp3) is 0.273. The lowest BCUT2D eigenvalue weighted by molar-refractivity contribution is -0.142. The Hall–Kier alpha value is -8.59. The maximum absolute atomic E-state index is 14.5. The van der Waals surface area contributed by atoms with Crippen molar-refractivity contribution in [1.29, 1.82) is 0 Å². The number of methoxy groups -OCH3 is 2. The molecule has 2 saturated heterocycles. The number of aromatic nitrogens is 10. The molecule has 0 aliphatic carbocycles.